The molecule has 1 amide bonds. The van der Waals surface area contributed by atoms with Crippen LogP contribution in [0.4, 0.5) is 5.69 Å². The van der Waals surface area contributed by atoms with E-state index in [1.165, 1.54) is 12.1 Å². The van der Waals surface area contributed by atoms with Gasteiger partial charge in [0.2, 0.25) is 5.91 Å². The number of guanidine groups is 1. The Kier molecular flexibility index (Phi) is 7.29. The largest absolute Gasteiger partial charge is 0.508 e. The summed E-state index contributed by atoms with van der Waals surface area (Å²) in [6, 6.07) is 13.8. The SMILES string of the molecule is CCNC(=NCC(=O)Nc1ccc(O)cc1)NC(C)c1ccccc1Cl. The zero-order valence-electron chi connectivity index (χ0n) is 14.8. The van der Waals surface area contributed by atoms with Crippen LogP contribution in [0.25, 0.3) is 0 Å². The van der Waals surface area contributed by atoms with E-state index in [0.29, 0.717) is 23.2 Å². The van der Waals surface area contributed by atoms with E-state index in [-0.39, 0.29) is 24.2 Å². The van der Waals surface area contributed by atoms with Gasteiger partial charge in [0.1, 0.15) is 12.3 Å². The summed E-state index contributed by atoms with van der Waals surface area (Å²) in [7, 11) is 0. The van der Waals surface area contributed by atoms with Crippen LogP contribution in [0, 0.1) is 0 Å². The van der Waals surface area contributed by atoms with Gasteiger partial charge in [-0.25, -0.2) is 4.99 Å². The van der Waals surface area contributed by atoms with E-state index in [9.17, 15) is 9.90 Å². The van der Waals surface area contributed by atoms with E-state index < -0.39 is 0 Å². The molecule has 0 saturated carbocycles. The van der Waals surface area contributed by atoms with Gasteiger partial charge in [0.25, 0.3) is 0 Å². The van der Waals surface area contributed by atoms with Crippen molar-refractivity contribution in [1.82, 2.24) is 10.6 Å². The average molecular weight is 375 g/mol. The number of hydrogen-bond donors (Lipinski definition) is 4. The summed E-state index contributed by atoms with van der Waals surface area (Å²) < 4.78 is 0. The molecule has 4 N–H and O–H groups in total. The highest BCUT2D eigenvalue weighted by molar-refractivity contribution is 6.31. The second kappa shape index (κ2) is 9.68. The Morgan fingerprint density at radius 3 is 2.54 bits per heavy atom. The molecule has 0 heterocycles. The maximum Gasteiger partial charge on any atom is 0.246 e. The molecule has 0 bridgehead atoms. The van der Waals surface area contributed by atoms with E-state index in [1.807, 2.05) is 38.1 Å². The minimum Gasteiger partial charge on any atom is -0.508 e. The number of nitrogens with one attached hydrogen (secondary N) is 3. The molecule has 7 heteroatoms. The van der Waals surface area contributed by atoms with Crippen molar-refractivity contribution in [3.8, 4) is 5.75 Å². The summed E-state index contributed by atoms with van der Waals surface area (Å²) >= 11 is 6.23. The molecule has 26 heavy (non-hydrogen) atoms. The Balaban J connectivity index is 1.98. The molecule has 1 unspecified atom stereocenters. The molecular formula is C19H23ClN4O2. The van der Waals surface area contributed by atoms with Crippen LogP contribution in [0.2, 0.25) is 5.02 Å². The molecule has 2 aromatic rings. The first-order chi connectivity index (χ1) is 12.5. The Morgan fingerprint density at radius 2 is 1.88 bits per heavy atom. The summed E-state index contributed by atoms with van der Waals surface area (Å²) in [4.78, 5) is 16.4. The van der Waals surface area contributed by atoms with Crippen LogP contribution in [0.5, 0.6) is 5.75 Å². The monoisotopic (exact) mass is 374 g/mol. The smallest absolute Gasteiger partial charge is 0.246 e. The van der Waals surface area contributed by atoms with Crippen molar-refractivity contribution in [3.63, 3.8) is 0 Å². The molecule has 6 nitrogen and oxygen atoms in total. The zero-order chi connectivity index (χ0) is 18.9. The van der Waals surface area contributed by atoms with Crippen molar-refractivity contribution in [3.05, 3.63) is 59.1 Å². The van der Waals surface area contributed by atoms with E-state index in [2.05, 4.69) is 20.9 Å². The van der Waals surface area contributed by atoms with Crippen LogP contribution < -0.4 is 16.0 Å². The van der Waals surface area contributed by atoms with Gasteiger partial charge in [-0.2, -0.15) is 0 Å². The van der Waals surface area contributed by atoms with Gasteiger partial charge in [-0.15, -0.1) is 0 Å². The number of carbonyl (C=O) groups excluding carboxylic acids is 1. The number of aromatic hydroxyl groups is 1. The zero-order valence-corrected chi connectivity index (χ0v) is 15.5. The molecule has 0 radical (unpaired) electrons. The number of nitrogens with zero attached hydrogens (tertiary/aromatic N) is 1. The summed E-state index contributed by atoms with van der Waals surface area (Å²) in [6.07, 6.45) is 0. The first-order valence-corrected chi connectivity index (χ1v) is 8.75. The lowest BCUT2D eigenvalue weighted by molar-refractivity contribution is -0.114. The molecule has 0 aromatic heterocycles. The average Bonchev–Trinajstić information content (AvgIpc) is 2.62. The second-order valence-corrected chi connectivity index (χ2v) is 6.08. The molecule has 138 valence electrons. The fourth-order valence-electron chi connectivity index (χ4n) is 2.33. The lowest BCUT2D eigenvalue weighted by Crippen LogP contribution is -2.39. The number of aliphatic imine (C=N–C) groups is 1. The number of halogens is 1. The van der Waals surface area contributed by atoms with Gasteiger partial charge >= 0.3 is 0 Å². The van der Waals surface area contributed by atoms with Gasteiger partial charge in [-0.1, -0.05) is 29.8 Å². The van der Waals surface area contributed by atoms with Gasteiger partial charge in [0.05, 0.1) is 6.04 Å². The molecule has 2 rings (SSSR count). The van der Waals surface area contributed by atoms with Crippen LogP contribution in [-0.4, -0.2) is 30.1 Å². The highest BCUT2D eigenvalue weighted by Crippen LogP contribution is 2.21. The molecule has 0 aliphatic rings. The number of phenols is 1. The Bertz CT molecular complexity index is 762. The number of benzene rings is 2. The maximum atomic E-state index is 12.1. The normalized spacial score (nSPS) is 12.3. The second-order valence-electron chi connectivity index (χ2n) is 5.68. The van der Waals surface area contributed by atoms with Crippen LogP contribution in [-0.2, 0) is 4.79 Å². The van der Waals surface area contributed by atoms with E-state index in [0.717, 1.165) is 5.56 Å². The number of rotatable bonds is 6. The number of hydrogen-bond acceptors (Lipinski definition) is 3. The van der Waals surface area contributed by atoms with Gasteiger partial charge in [0.15, 0.2) is 5.96 Å². The summed E-state index contributed by atoms with van der Waals surface area (Å²) in [5.41, 5.74) is 1.55. The third kappa shape index (κ3) is 5.97. The Labute approximate surface area is 158 Å². The summed E-state index contributed by atoms with van der Waals surface area (Å²) in [6.45, 7) is 4.56. The van der Waals surface area contributed by atoms with Gasteiger partial charge < -0.3 is 21.1 Å². The first kappa shape index (κ1) is 19.6. The molecule has 0 fully saturated rings. The van der Waals surface area contributed by atoms with Gasteiger partial charge in [-0.05, 0) is 49.7 Å². The lowest BCUT2D eigenvalue weighted by Gasteiger charge is -2.19. The van der Waals surface area contributed by atoms with Crippen molar-refractivity contribution < 1.29 is 9.90 Å². The number of anilines is 1. The number of phenolic OH excluding ortho intramolecular Hbond substituents is 1. The lowest BCUT2D eigenvalue weighted by atomic mass is 10.1. The third-order valence-corrected chi connectivity index (χ3v) is 3.95. The topological polar surface area (TPSA) is 85.8 Å². The summed E-state index contributed by atoms with van der Waals surface area (Å²) in [5, 5.41) is 19.0. The quantitative estimate of drug-likeness (QED) is 0.355. The number of carbonyl (C=O) groups is 1. The highest BCUT2D eigenvalue weighted by atomic mass is 35.5. The van der Waals surface area contributed by atoms with Crippen molar-refractivity contribution in [1.29, 1.82) is 0 Å². The van der Waals surface area contributed by atoms with Crippen molar-refractivity contribution >= 4 is 29.2 Å². The number of amides is 1. The Hall–Kier alpha value is -2.73. The van der Waals surface area contributed by atoms with E-state index in [1.54, 1.807) is 12.1 Å². The molecule has 2 aromatic carbocycles. The minimum absolute atomic E-state index is 0.0363. The van der Waals surface area contributed by atoms with Gasteiger partial charge in [-0.3, -0.25) is 4.79 Å². The predicted molar refractivity (Wildman–Crippen MR) is 106 cm³/mol. The highest BCUT2D eigenvalue weighted by Gasteiger charge is 2.11. The molecule has 1 atom stereocenters. The molecule has 0 saturated heterocycles. The fraction of sp³-hybridized carbons (Fsp3) is 0.263. The van der Waals surface area contributed by atoms with Gasteiger partial charge in [0, 0.05) is 17.3 Å². The predicted octanol–water partition coefficient (Wildman–Crippen LogP) is 3.30. The molecule has 0 aliphatic heterocycles. The maximum absolute atomic E-state index is 12.1. The van der Waals surface area contributed by atoms with Crippen molar-refractivity contribution in [2.24, 2.45) is 4.99 Å². The van der Waals surface area contributed by atoms with Crippen LogP contribution in [0.1, 0.15) is 25.5 Å². The standard InChI is InChI=1S/C19H23ClN4O2/c1-3-21-19(23-13(2)16-6-4-5-7-17(16)20)22-12-18(26)24-14-8-10-15(25)11-9-14/h4-11,13,25H,3,12H2,1-2H3,(H,24,26)(H2,21,22,23). The van der Waals surface area contributed by atoms with E-state index >= 15 is 0 Å². The van der Waals surface area contributed by atoms with Crippen LogP contribution >= 0.6 is 11.6 Å². The minimum atomic E-state index is -0.252. The van der Waals surface area contributed by atoms with Crippen LogP contribution in [0.3, 0.4) is 0 Å². The van der Waals surface area contributed by atoms with E-state index in [4.69, 9.17) is 11.6 Å². The molecule has 0 aliphatic carbocycles. The first-order valence-electron chi connectivity index (χ1n) is 8.37. The molecule has 0 spiro atoms. The van der Waals surface area contributed by atoms with Crippen molar-refractivity contribution in [2.75, 3.05) is 18.4 Å². The van der Waals surface area contributed by atoms with Crippen molar-refractivity contribution in [2.45, 2.75) is 19.9 Å². The Morgan fingerprint density at radius 1 is 1.19 bits per heavy atom. The third-order valence-electron chi connectivity index (χ3n) is 3.60. The summed E-state index contributed by atoms with van der Waals surface area (Å²) in [5.74, 6) is 0.423. The fourth-order valence-corrected chi connectivity index (χ4v) is 2.62. The molecular weight excluding hydrogens is 352 g/mol. The van der Waals surface area contributed by atoms with Crippen LogP contribution in [0.15, 0.2) is 53.5 Å².